The third-order valence-electron chi connectivity index (χ3n) is 2.14. The fraction of sp³-hybridized carbons (Fsp3) is 1.00. The monoisotopic (exact) mass is 371 g/mol. The molecule has 0 spiro atoms. The normalized spacial score (nSPS) is 17.2. The number of unbranched alkanes of at least 4 members (excludes halogenated alkanes) is 2. The van der Waals surface area contributed by atoms with Crippen molar-refractivity contribution in [2.75, 3.05) is 11.5 Å². The summed E-state index contributed by atoms with van der Waals surface area (Å²) in [5, 5.41) is 0. The van der Waals surface area contributed by atoms with Gasteiger partial charge in [-0.05, 0) is 22.8 Å². The molecule has 0 radical (unpaired) electrons. The van der Waals surface area contributed by atoms with Crippen molar-refractivity contribution in [3.05, 3.63) is 4.13 Å². The molecular weight excluding hydrogens is 353 g/mol. The quantitative estimate of drug-likeness (QED) is 0.623. The summed E-state index contributed by atoms with van der Waals surface area (Å²) < 4.78 is 88.3. The summed E-state index contributed by atoms with van der Waals surface area (Å²) in [6.45, 7) is 3.47. The topological polar surface area (TPSA) is 94.7 Å². The van der Waals surface area contributed by atoms with Gasteiger partial charge in [0.25, 0.3) is 0 Å². The molecule has 2 unspecified atom stereocenters. The second-order valence-corrected chi connectivity index (χ2v) is 9.39. The molecule has 0 bridgehead atoms. The van der Waals surface area contributed by atoms with Crippen LogP contribution in [0.2, 0.25) is 0 Å². The van der Waals surface area contributed by atoms with Gasteiger partial charge in [-0.1, -0.05) is 37.7 Å². The molecule has 128 valence electrons. The maximum absolute atomic E-state index is 12.3. The number of hydrogen-bond acceptors (Lipinski definition) is 4. The molecule has 2 atom stereocenters. The smallest absolute Gasteiger partial charge is 0.480 e. The summed E-state index contributed by atoms with van der Waals surface area (Å²) in [4.78, 5) is 0. The molecule has 0 aromatic carbocycles. The van der Waals surface area contributed by atoms with Crippen molar-refractivity contribution in [3.63, 3.8) is 0 Å². The molecule has 0 aromatic rings. The number of hydrogen-bond donors (Lipinski definition) is 0. The van der Waals surface area contributed by atoms with Crippen LogP contribution in [0.4, 0.5) is 13.2 Å². The zero-order valence-corrected chi connectivity index (χ0v) is 14.1. The Hall–Kier alpha value is -0.200. The van der Waals surface area contributed by atoms with Crippen molar-refractivity contribution in [1.82, 2.24) is 0 Å². The highest BCUT2D eigenvalue weighted by Gasteiger charge is 2.46. The van der Waals surface area contributed by atoms with Gasteiger partial charge in [0.05, 0.1) is 0 Å². The molecule has 12 heteroatoms. The molecule has 0 fully saturated rings. The number of sulfonamides is 1. The molecule has 0 heterocycles. The standard InChI is InChI=1S/C9H18F3N2O4S3/c1-3-5-7-19(15)13-20(16,8-6-4-2)14-21(17,18)9(10,11)12/h3-8H2,1-2H3/q-1. The lowest BCUT2D eigenvalue weighted by Gasteiger charge is -2.24. The van der Waals surface area contributed by atoms with E-state index in [1.54, 1.807) is 13.8 Å². The van der Waals surface area contributed by atoms with Gasteiger partial charge in [0.15, 0.2) is 0 Å². The maximum atomic E-state index is 12.3. The minimum absolute atomic E-state index is 0.00119. The SMILES string of the molecule is CCCCS(=O)[N-]S(=O)(CCCC)=NS(=O)(=O)C(F)(F)F. The fourth-order valence-electron chi connectivity index (χ4n) is 1.05. The van der Waals surface area contributed by atoms with Crippen LogP contribution in [0.15, 0.2) is 3.77 Å². The van der Waals surface area contributed by atoms with E-state index in [0.29, 0.717) is 19.3 Å². The van der Waals surface area contributed by atoms with Gasteiger partial charge in [0.1, 0.15) is 0 Å². The minimum Gasteiger partial charge on any atom is -0.480 e. The first-order valence-corrected chi connectivity index (χ1v) is 10.5. The lowest BCUT2D eigenvalue weighted by Crippen LogP contribution is -2.23. The fourth-order valence-corrected chi connectivity index (χ4v) is 6.10. The molecule has 0 amide bonds. The maximum Gasteiger partial charge on any atom is 0.519 e. The molecule has 0 aliphatic heterocycles. The molecule has 0 N–H and O–H groups in total. The predicted octanol–water partition coefficient (Wildman–Crippen LogP) is 2.86. The van der Waals surface area contributed by atoms with E-state index in [9.17, 15) is 30.0 Å². The minimum atomic E-state index is -5.93. The van der Waals surface area contributed by atoms with Crippen LogP contribution in [0.25, 0.3) is 4.13 Å². The zero-order valence-electron chi connectivity index (χ0n) is 11.6. The summed E-state index contributed by atoms with van der Waals surface area (Å²) in [7, 11) is -12.0. The Bertz CT molecular complexity index is 565. The second-order valence-electron chi connectivity index (χ2n) is 4.11. The van der Waals surface area contributed by atoms with Gasteiger partial charge < -0.3 is 4.13 Å². The predicted molar refractivity (Wildman–Crippen MR) is 76.6 cm³/mol. The van der Waals surface area contributed by atoms with E-state index in [1.165, 1.54) is 0 Å². The van der Waals surface area contributed by atoms with Gasteiger partial charge in [-0.2, -0.15) is 21.6 Å². The van der Waals surface area contributed by atoms with E-state index >= 15 is 0 Å². The Kier molecular flexibility index (Phi) is 8.36. The van der Waals surface area contributed by atoms with Gasteiger partial charge in [0, 0.05) is 11.5 Å². The van der Waals surface area contributed by atoms with Gasteiger partial charge in [-0.15, -0.1) is 3.77 Å². The molecule has 0 saturated carbocycles. The lowest BCUT2D eigenvalue weighted by molar-refractivity contribution is -0.0434. The first kappa shape index (κ1) is 20.8. The number of halogens is 3. The molecule has 0 rings (SSSR count). The molecule has 6 nitrogen and oxygen atoms in total. The molecular formula is C9H18F3N2O4S3-. The van der Waals surface area contributed by atoms with Crippen LogP contribution in [-0.2, 0) is 30.9 Å². The largest absolute Gasteiger partial charge is 0.519 e. The van der Waals surface area contributed by atoms with Crippen LogP contribution in [0, 0.1) is 0 Å². The van der Waals surface area contributed by atoms with E-state index in [2.05, 4.69) is 7.90 Å². The average molecular weight is 371 g/mol. The van der Waals surface area contributed by atoms with Crippen molar-refractivity contribution in [3.8, 4) is 0 Å². The van der Waals surface area contributed by atoms with Crippen molar-refractivity contribution >= 4 is 30.9 Å². The summed E-state index contributed by atoms with van der Waals surface area (Å²) in [6.07, 6.45) is 1.74. The van der Waals surface area contributed by atoms with E-state index in [-0.39, 0.29) is 12.2 Å². The highest BCUT2D eigenvalue weighted by Crippen LogP contribution is 2.28. The molecule has 0 saturated heterocycles. The van der Waals surface area contributed by atoms with Gasteiger partial charge in [-0.3, -0.25) is 8.42 Å². The van der Waals surface area contributed by atoms with Crippen molar-refractivity contribution in [1.29, 1.82) is 0 Å². The Morgan fingerprint density at radius 3 is 2.05 bits per heavy atom. The third kappa shape index (κ3) is 7.56. The van der Waals surface area contributed by atoms with E-state index < -0.39 is 42.2 Å². The Labute approximate surface area is 125 Å². The summed E-state index contributed by atoms with van der Waals surface area (Å²) in [6, 6.07) is 0. The zero-order chi connectivity index (χ0) is 16.7. The van der Waals surface area contributed by atoms with Gasteiger partial charge >= 0.3 is 15.5 Å². The second kappa shape index (κ2) is 8.44. The van der Waals surface area contributed by atoms with Crippen LogP contribution in [0.5, 0.6) is 0 Å². The van der Waals surface area contributed by atoms with Crippen LogP contribution < -0.4 is 0 Å². The third-order valence-corrected chi connectivity index (χ3v) is 7.50. The van der Waals surface area contributed by atoms with Crippen molar-refractivity contribution < 1.29 is 30.0 Å². The summed E-state index contributed by atoms with van der Waals surface area (Å²) in [5.74, 6) is -0.474. The highest BCUT2D eigenvalue weighted by molar-refractivity contribution is 8.14. The van der Waals surface area contributed by atoms with Crippen LogP contribution >= 0.6 is 0 Å². The summed E-state index contributed by atoms with van der Waals surface area (Å²) >= 11 is 0. The van der Waals surface area contributed by atoms with Crippen LogP contribution in [-0.4, -0.2) is 33.8 Å². The molecule has 0 aliphatic rings. The van der Waals surface area contributed by atoms with Gasteiger partial charge in [-0.25, -0.2) is 0 Å². The Balaban J connectivity index is 5.46. The van der Waals surface area contributed by atoms with E-state index in [0.717, 1.165) is 0 Å². The molecule has 0 aliphatic carbocycles. The number of alkyl halides is 3. The number of rotatable bonds is 9. The van der Waals surface area contributed by atoms with E-state index in [4.69, 9.17) is 0 Å². The van der Waals surface area contributed by atoms with Crippen molar-refractivity contribution in [2.24, 2.45) is 3.77 Å². The van der Waals surface area contributed by atoms with Crippen LogP contribution in [0.1, 0.15) is 39.5 Å². The molecule has 21 heavy (non-hydrogen) atoms. The van der Waals surface area contributed by atoms with Crippen molar-refractivity contribution in [2.45, 2.75) is 45.0 Å². The van der Waals surface area contributed by atoms with Crippen LogP contribution in [0.3, 0.4) is 0 Å². The lowest BCUT2D eigenvalue weighted by atomic mass is 10.4. The average Bonchev–Trinajstić information content (AvgIpc) is 2.31. The Morgan fingerprint density at radius 2 is 1.62 bits per heavy atom. The first-order valence-electron chi connectivity index (χ1n) is 6.16. The van der Waals surface area contributed by atoms with E-state index in [1.807, 2.05) is 0 Å². The number of nitrogens with zero attached hydrogens (tertiary/aromatic N) is 2. The highest BCUT2D eigenvalue weighted by atomic mass is 32.3. The molecule has 0 aromatic heterocycles. The first-order chi connectivity index (χ1) is 9.47. The Morgan fingerprint density at radius 1 is 1.10 bits per heavy atom. The van der Waals surface area contributed by atoms with Gasteiger partial charge in [0.2, 0.25) is 0 Å². The summed E-state index contributed by atoms with van der Waals surface area (Å²) in [5.41, 5.74) is -5.65.